The van der Waals surface area contributed by atoms with Crippen molar-refractivity contribution in [3.63, 3.8) is 0 Å². The highest BCUT2D eigenvalue weighted by molar-refractivity contribution is 6.19. The van der Waals surface area contributed by atoms with Crippen LogP contribution in [-0.2, 0) is 6.61 Å². The normalized spacial score (nSPS) is 15.7. The summed E-state index contributed by atoms with van der Waals surface area (Å²) in [6.07, 6.45) is -0.999. The lowest BCUT2D eigenvalue weighted by Gasteiger charge is -2.17. The van der Waals surface area contributed by atoms with Crippen molar-refractivity contribution >= 4 is 39.8 Å². The van der Waals surface area contributed by atoms with Gasteiger partial charge in [0.2, 0.25) is 0 Å². The van der Waals surface area contributed by atoms with E-state index in [-0.39, 0.29) is 5.92 Å². The van der Waals surface area contributed by atoms with Gasteiger partial charge < -0.3 is 15.6 Å². The number of carboxylic acid groups (broad SMARTS) is 1. The number of halogens is 1. The standard InChI is InChI=1S/C21H19ClN2O3/c22-10-14-11-24(21(25)26)18-9-19(27-12-13-4-2-1-3-5-13)16-7-6-15(23)8-17(16)20(14)18/h1-9,14H,10-12,23H2,(H,25,26)/t14-/m0/s1. The summed E-state index contributed by atoms with van der Waals surface area (Å²) in [7, 11) is 0. The number of rotatable bonds is 4. The van der Waals surface area contributed by atoms with Crippen molar-refractivity contribution in [2.24, 2.45) is 0 Å². The monoisotopic (exact) mass is 382 g/mol. The molecule has 1 amide bonds. The number of hydrogen-bond acceptors (Lipinski definition) is 3. The maximum atomic E-state index is 11.7. The van der Waals surface area contributed by atoms with Crippen LogP contribution in [0.15, 0.2) is 54.6 Å². The summed E-state index contributed by atoms with van der Waals surface area (Å²) in [4.78, 5) is 13.1. The van der Waals surface area contributed by atoms with E-state index in [1.165, 1.54) is 4.90 Å². The van der Waals surface area contributed by atoms with E-state index in [4.69, 9.17) is 22.1 Å². The molecular formula is C21H19ClN2O3. The summed E-state index contributed by atoms with van der Waals surface area (Å²) >= 11 is 6.14. The molecule has 0 spiro atoms. The fourth-order valence-electron chi connectivity index (χ4n) is 3.64. The molecule has 0 saturated carbocycles. The van der Waals surface area contributed by atoms with Gasteiger partial charge in [0.05, 0.1) is 5.69 Å². The molecule has 0 fully saturated rings. The average Bonchev–Trinajstić information content (AvgIpc) is 3.06. The molecule has 0 saturated heterocycles. The summed E-state index contributed by atoms with van der Waals surface area (Å²) in [5.74, 6) is 0.893. The number of amides is 1. The minimum absolute atomic E-state index is 0.0785. The summed E-state index contributed by atoms with van der Waals surface area (Å²) < 4.78 is 6.07. The molecule has 3 aromatic rings. The molecular weight excluding hydrogens is 364 g/mol. The summed E-state index contributed by atoms with van der Waals surface area (Å²) in [6.45, 7) is 0.727. The third-order valence-electron chi connectivity index (χ3n) is 4.90. The lowest BCUT2D eigenvalue weighted by molar-refractivity contribution is 0.202. The molecule has 5 nitrogen and oxygen atoms in total. The highest BCUT2D eigenvalue weighted by Gasteiger charge is 2.34. The Morgan fingerprint density at radius 3 is 2.67 bits per heavy atom. The molecule has 0 radical (unpaired) electrons. The molecule has 0 aliphatic carbocycles. The molecule has 0 unspecified atom stereocenters. The number of benzene rings is 3. The van der Waals surface area contributed by atoms with E-state index in [2.05, 4.69) is 0 Å². The van der Waals surface area contributed by atoms with Crippen LogP contribution < -0.4 is 15.4 Å². The minimum Gasteiger partial charge on any atom is -0.488 e. The van der Waals surface area contributed by atoms with Crippen LogP contribution >= 0.6 is 11.6 Å². The van der Waals surface area contributed by atoms with E-state index in [0.717, 1.165) is 21.9 Å². The van der Waals surface area contributed by atoms with Gasteiger partial charge in [-0.25, -0.2) is 4.79 Å². The molecule has 1 aliphatic heterocycles. The minimum atomic E-state index is -0.999. The lowest BCUT2D eigenvalue weighted by atomic mass is 9.95. The van der Waals surface area contributed by atoms with Crippen LogP contribution in [0.4, 0.5) is 16.2 Å². The number of carbonyl (C=O) groups is 1. The third kappa shape index (κ3) is 3.15. The number of fused-ring (bicyclic) bond motifs is 3. The molecule has 1 heterocycles. The molecule has 0 aromatic heterocycles. The second-order valence-electron chi connectivity index (χ2n) is 6.63. The van der Waals surface area contributed by atoms with Gasteiger partial charge in [0.1, 0.15) is 12.4 Å². The largest absolute Gasteiger partial charge is 0.488 e. The Balaban J connectivity index is 1.85. The van der Waals surface area contributed by atoms with E-state index in [1.54, 1.807) is 6.07 Å². The van der Waals surface area contributed by atoms with Crippen LogP contribution in [0, 0.1) is 0 Å². The summed E-state index contributed by atoms with van der Waals surface area (Å²) in [5, 5.41) is 11.4. The number of hydrogen-bond donors (Lipinski definition) is 2. The Kier molecular flexibility index (Phi) is 4.54. The van der Waals surface area contributed by atoms with Gasteiger partial charge in [-0.05, 0) is 34.7 Å². The van der Waals surface area contributed by atoms with Gasteiger partial charge in [0.15, 0.2) is 0 Å². The fourth-order valence-corrected chi connectivity index (χ4v) is 3.89. The second kappa shape index (κ2) is 7.00. The quantitative estimate of drug-likeness (QED) is 0.501. The van der Waals surface area contributed by atoms with Crippen LogP contribution in [0.3, 0.4) is 0 Å². The molecule has 1 aliphatic rings. The first-order valence-electron chi connectivity index (χ1n) is 8.67. The Morgan fingerprint density at radius 2 is 1.96 bits per heavy atom. The molecule has 4 rings (SSSR count). The molecule has 3 N–H and O–H groups in total. The number of anilines is 2. The Morgan fingerprint density at radius 1 is 1.19 bits per heavy atom. The second-order valence-corrected chi connectivity index (χ2v) is 6.94. The number of alkyl halides is 1. The van der Waals surface area contributed by atoms with Crippen LogP contribution in [0.2, 0.25) is 0 Å². The Labute approximate surface area is 161 Å². The Hall–Kier alpha value is -2.92. The summed E-state index contributed by atoms with van der Waals surface area (Å²) in [5.41, 5.74) is 9.20. The fraction of sp³-hybridized carbons (Fsp3) is 0.190. The van der Waals surface area contributed by atoms with Crippen LogP contribution in [0.25, 0.3) is 10.8 Å². The van der Waals surface area contributed by atoms with Crippen molar-refractivity contribution in [3.8, 4) is 5.75 Å². The first kappa shape index (κ1) is 17.5. The average molecular weight is 383 g/mol. The van der Waals surface area contributed by atoms with Crippen molar-refractivity contribution in [2.45, 2.75) is 12.5 Å². The molecule has 1 atom stereocenters. The highest BCUT2D eigenvalue weighted by Crippen LogP contribution is 2.46. The van der Waals surface area contributed by atoms with Crippen LogP contribution in [-0.4, -0.2) is 23.6 Å². The van der Waals surface area contributed by atoms with Crippen molar-refractivity contribution in [1.82, 2.24) is 0 Å². The van der Waals surface area contributed by atoms with E-state index < -0.39 is 6.09 Å². The molecule has 3 aromatic carbocycles. The van der Waals surface area contributed by atoms with Gasteiger partial charge >= 0.3 is 6.09 Å². The lowest BCUT2D eigenvalue weighted by Crippen LogP contribution is -2.28. The van der Waals surface area contributed by atoms with Crippen molar-refractivity contribution in [2.75, 3.05) is 23.1 Å². The van der Waals surface area contributed by atoms with Crippen LogP contribution in [0.1, 0.15) is 17.0 Å². The zero-order valence-corrected chi connectivity index (χ0v) is 15.3. The van der Waals surface area contributed by atoms with E-state index in [1.807, 2.05) is 48.5 Å². The molecule has 6 heteroatoms. The van der Waals surface area contributed by atoms with Gasteiger partial charge in [-0.3, -0.25) is 4.90 Å². The van der Waals surface area contributed by atoms with E-state index in [9.17, 15) is 9.90 Å². The molecule has 0 bridgehead atoms. The van der Waals surface area contributed by atoms with E-state index >= 15 is 0 Å². The van der Waals surface area contributed by atoms with Crippen molar-refractivity contribution < 1.29 is 14.6 Å². The smallest absolute Gasteiger partial charge is 0.411 e. The van der Waals surface area contributed by atoms with E-state index in [0.29, 0.717) is 36.2 Å². The zero-order valence-electron chi connectivity index (χ0n) is 14.6. The number of ether oxygens (including phenoxy) is 1. The van der Waals surface area contributed by atoms with Crippen molar-refractivity contribution in [1.29, 1.82) is 0 Å². The van der Waals surface area contributed by atoms with Gasteiger partial charge in [-0.2, -0.15) is 0 Å². The number of nitrogens with zero attached hydrogens (tertiary/aromatic N) is 1. The van der Waals surface area contributed by atoms with Gasteiger partial charge in [0.25, 0.3) is 0 Å². The van der Waals surface area contributed by atoms with Crippen LogP contribution in [0.5, 0.6) is 5.75 Å². The first-order chi connectivity index (χ1) is 13.1. The number of nitrogens with two attached hydrogens (primary N) is 1. The SMILES string of the molecule is Nc1ccc2c(OCc3ccccc3)cc3c(c2c1)[C@@H](CCl)CN3C(=O)O. The predicted molar refractivity (Wildman–Crippen MR) is 108 cm³/mol. The maximum absolute atomic E-state index is 11.7. The summed E-state index contributed by atoms with van der Waals surface area (Å²) in [6, 6.07) is 17.2. The zero-order chi connectivity index (χ0) is 19.0. The van der Waals surface area contributed by atoms with Crippen molar-refractivity contribution in [3.05, 3.63) is 65.7 Å². The topological polar surface area (TPSA) is 75.8 Å². The molecule has 138 valence electrons. The van der Waals surface area contributed by atoms with Gasteiger partial charge in [0, 0.05) is 35.5 Å². The number of nitrogen functional groups attached to an aromatic ring is 1. The first-order valence-corrected chi connectivity index (χ1v) is 9.21. The van der Waals surface area contributed by atoms with Gasteiger partial charge in [-0.15, -0.1) is 11.6 Å². The third-order valence-corrected chi connectivity index (χ3v) is 5.27. The van der Waals surface area contributed by atoms with Gasteiger partial charge in [-0.1, -0.05) is 30.3 Å². The Bertz CT molecular complexity index is 1010. The molecule has 27 heavy (non-hydrogen) atoms. The maximum Gasteiger partial charge on any atom is 0.411 e. The highest BCUT2D eigenvalue weighted by atomic mass is 35.5. The predicted octanol–water partition coefficient (Wildman–Crippen LogP) is 4.82.